The Morgan fingerprint density at radius 1 is 0.852 bits per heavy atom. The fraction of sp³-hybridized carbons (Fsp3) is 0.913. The highest BCUT2D eigenvalue weighted by Crippen LogP contribution is 2.45. The number of carbonyl (C=O) groups excluding carboxylic acids is 2. The number of hydrogen-bond donors (Lipinski definition) is 1. The summed E-state index contributed by atoms with van der Waals surface area (Å²) in [6, 6.07) is 0.0938. The van der Waals surface area contributed by atoms with Crippen LogP contribution in [0.4, 0.5) is 0 Å². The molecule has 1 amide bonds. The van der Waals surface area contributed by atoms with E-state index < -0.39 is 0 Å². The average Bonchev–Trinajstić information content (AvgIpc) is 3.31. The van der Waals surface area contributed by atoms with E-state index in [0.717, 1.165) is 31.3 Å². The number of amides is 1. The van der Waals surface area contributed by atoms with Gasteiger partial charge in [0.15, 0.2) is 0 Å². The molecule has 4 atom stereocenters. The molecule has 1 heterocycles. The van der Waals surface area contributed by atoms with Crippen LogP contribution in [0.15, 0.2) is 0 Å². The zero-order chi connectivity index (χ0) is 18.8. The molecule has 27 heavy (non-hydrogen) atoms. The zero-order valence-corrected chi connectivity index (χ0v) is 17.1. The van der Waals surface area contributed by atoms with Crippen molar-refractivity contribution >= 4 is 11.7 Å². The van der Waals surface area contributed by atoms with Crippen molar-refractivity contribution in [1.29, 1.82) is 0 Å². The lowest BCUT2D eigenvalue weighted by Gasteiger charge is -2.35. The summed E-state index contributed by atoms with van der Waals surface area (Å²) in [5.41, 5.74) is 0. The third kappa shape index (κ3) is 4.41. The van der Waals surface area contributed by atoms with Crippen LogP contribution in [-0.2, 0) is 9.59 Å². The van der Waals surface area contributed by atoms with Crippen molar-refractivity contribution in [2.45, 2.75) is 83.6 Å². The highest BCUT2D eigenvalue weighted by molar-refractivity contribution is 5.82. The van der Waals surface area contributed by atoms with Crippen molar-refractivity contribution in [1.82, 2.24) is 10.2 Å². The molecule has 4 aliphatic rings. The van der Waals surface area contributed by atoms with Gasteiger partial charge in [-0.15, -0.1) is 0 Å². The van der Waals surface area contributed by atoms with Gasteiger partial charge in [-0.2, -0.15) is 0 Å². The maximum absolute atomic E-state index is 12.8. The molecule has 0 aromatic heterocycles. The predicted octanol–water partition coefficient (Wildman–Crippen LogP) is 3.79. The lowest BCUT2D eigenvalue weighted by atomic mass is 9.80. The number of ketones is 1. The molecule has 4 fully saturated rings. The second kappa shape index (κ2) is 8.63. The summed E-state index contributed by atoms with van der Waals surface area (Å²) in [5, 5.41) is 3.32. The normalized spacial score (nSPS) is 35.9. The first-order chi connectivity index (χ1) is 13.1. The van der Waals surface area contributed by atoms with Gasteiger partial charge >= 0.3 is 0 Å². The fourth-order valence-corrected chi connectivity index (χ4v) is 6.85. The molecule has 152 valence electrons. The Morgan fingerprint density at radius 2 is 1.44 bits per heavy atom. The van der Waals surface area contributed by atoms with Gasteiger partial charge < -0.3 is 5.32 Å². The first kappa shape index (κ1) is 19.4. The Bertz CT molecular complexity index is 534. The molecule has 1 saturated heterocycles. The van der Waals surface area contributed by atoms with Crippen LogP contribution in [0.3, 0.4) is 0 Å². The van der Waals surface area contributed by atoms with Crippen LogP contribution in [-0.4, -0.2) is 42.3 Å². The van der Waals surface area contributed by atoms with Gasteiger partial charge in [0.05, 0.1) is 6.54 Å². The van der Waals surface area contributed by atoms with Crippen molar-refractivity contribution < 1.29 is 9.59 Å². The summed E-state index contributed by atoms with van der Waals surface area (Å²) in [7, 11) is 0. The van der Waals surface area contributed by atoms with Crippen molar-refractivity contribution in [3.8, 4) is 0 Å². The van der Waals surface area contributed by atoms with Gasteiger partial charge in [-0.3, -0.25) is 14.5 Å². The molecule has 3 aliphatic carbocycles. The minimum Gasteiger partial charge on any atom is -0.351 e. The largest absolute Gasteiger partial charge is 0.351 e. The van der Waals surface area contributed by atoms with Gasteiger partial charge in [-0.25, -0.2) is 0 Å². The fourth-order valence-electron chi connectivity index (χ4n) is 6.85. The number of nitrogens with one attached hydrogen (secondary N) is 1. The van der Waals surface area contributed by atoms with Crippen LogP contribution < -0.4 is 5.32 Å². The van der Waals surface area contributed by atoms with Crippen LogP contribution in [0.2, 0.25) is 0 Å². The average molecular weight is 375 g/mol. The topological polar surface area (TPSA) is 49.4 Å². The summed E-state index contributed by atoms with van der Waals surface area (Å²) < 4.78 is 0. The standard InChI is InChI=1S/C23H38N2O2/c1-16(26)21-14-19-8-4-5-9-20(19)23(21)24-22(27)15-25-12-10-18(11-13-25)17-6-2-3-7-17/h17-21,23H,2-15H2,1H3,(H,24,27). The van der Waals surface area contributed by atoms with E-state index in [1.807, 2.05) is 0 Å². The van der Waals surface area contributed by atoms with E-state index in [1.54, 1.807) is 6.92 Å². The second-order valence-corrected chi connectivity index (χ2v) is 9.91. The van der Waals surface area contributed by atoms with Crippen LogP contribution in [0.5, 0.6) is 0 Å². The molecule has 0 bridgehead atoms. The maximum Gasteiger partial charge on any atom is 0.234 e. The third-order valence-corrected chi connectivity index (χ3v) is 8.34. The second-order valence-electron chi connectivity index (χ2n) is 9.91. The van der Waals surface area contributed by atoms with Crippen LogP contribution in [0.25, 0.3) is 0 Å². The number of rotatable bonds is 5. The van der Waals surface area contributed by atoms with E-state index in [2.05, 4.69) is 10.2 Å². The molecule has 0 aromatic rings. The minimum absolute atomic E-state index is 0.0511. The molecular weight excluding hydrogens is 336 g/mol. The Hall–Kier alpha value is -0.900. The molecule has 1 aliphatic heterocycles. The predicted molar refractivity (Wildman–Crippen MR) is 107 cm³/mol. The smallest absolute Gasteiger partial charge is 0.234 e. The van der Waals surface area contributed by atoms with Gasteiger partial charge in [0.2, 0.25) is 5.91 Å². The van der Waals surface area contributed by atoms with Gasteiger partial charge in [0.25, 0.3) is 0 Å². The summed E-state index contributed by atoms with van der Waals surface area (Å²) in [5.74, 6) is 3.51. The number of fused-ring (bicyclic) bond motifs is 1. The SMILES string of the molecule is CC(=O)C1CC2CCCCC2C1NC(=O)CN1CCC(C2CCCC2)CC1. The zero-order valence-electron chi connectivity index (χ0n) is 17.1. The molecule has 4 heteroatoms. The highest BCUT2D eigenvalue weighted by atomic mass is 16.2. The Morgan fingerprint density at radius 3 is 2.11 bits per heavy atom. The van der Waals surface area contributed by atoms with Crippen molar-refractivity contribution in [3.63, 3.8) is 0 Å². The van der Waals surface area contributed by atoms with Crippen LogP contribution in [0, 0.1) is 29.6 Å². The lowest BCUT2D eigenvalue weighted by Crippen LogP contribution is -2.49. The first-order valence-electron chi connectivity index (χ1n) is 11.6. The molecule has 0 aromatic carbocycles. The van der Waals surface area contributed by atoms with Gasteiger partial charge in [0, 0.05) is 12.0 Å². The van der Waals surface area contributed by atoms with E-state index in [-0.39, 0.29) is 23.7 Å². The van der Waals surface area contributed by atoms with Crippen molar-refractivity contribution in [3.05, 3.63) is 0 Å². The minimum atomic E-state index is 0.0511. The number of Topliss-reactive ketones (excluding diaryl/α,β-unsaturated/α-hetero) is 1. The van der Waals surface area contributed by atoms with E-state index in [9.17, 15) is 9.59 Å². The molecule has 1 N–H and O–H groups in total. The van der Waals surface area contributed by atoms with Gasteiger partial charge in [-0.1, -0.05) is 44.9 Å². The number of hydrogen-bond acceptors (Lipinski definition) is 3. The third-order valence-electron chi connectivity index (χ3n) is 8.34. The molecule has 4 unspecified atom stereocenters. The molecule has 4 rings (SSSR count). The molecule has 0 radical (unpaired) electrons. The van der Waals surface area contributed by atoms with Crippen LogP contribution >= 0.6 is 0 Å². The van der Waals surface area contributed by atoms with Gasteiger partial charge in [0.1, 0.15) is 5.78 Å². The van der Waals surface area contributed by atoms with Crippen molar-refractivity contribution in [2.24, 2.45) is 29.6 Å². The van der Waals surface area contributed by atoms with E-state index in [4.69, 9.17) is 0 Å². The van der Waals surface area contributed by atoms with Crippen LogP contribution in [0.1, 0.15) is 77.6 Å². The van der Waals surface area contributed by atoms with Gasteiger partial charge in [-0.05, 0) is 69.4 Å². The Labute approximate surface area is 164 Å². The maximum atomic E-state index is 12.8. The van der Waals surface area contributed by atoms with E-state index in [0.29, 0.717) is 18.4 Å². The molecule has 3 saturated carbocycles. The monoisotopic (exact) mass is 374 g/mol. The van der Waals surface area contributed by atoms with Crippen molar-refractivity contribution in [2.75, 3.05) is 19.6 Å². The highest BCUT2D eigenvalue weighted by Gasteiger charge is 2.46. The molecule has 4 nitrogen and oxygen atoms in total. The number of nitrogens with zero attached hydrogens (tertiary/aromatic N) is 1. The Kier molecular flexibility index (Phi) is 6.21. The summed E-state index contributed by atoms with van der Waals surface area (Å²) in [6.45, 7) is 4.38. The number of carbonyl (C=O) groups is 2. The molecular formula is C23H38N2O2. The lowest BCUT2D eigenvalue weighted by molar-refractivity contribution is -0.125. The summed E-state index contributed by atoms with van der Waals surface area (Å²) >= 11 is 0. The quantitative estimate of drug-likeness (QED) is 0.796. The summed E-state index contributed by atoms with van der Waals surface area (Å²) in [4.78, 5) is 27.3. The summed E-state index contributed by atoms with van der Waals surface area (Å²) in [6.07, 6.45) is 14.2. The molecule has 0 spiro atoms. The number of likely N-dealkylation sites (tertiary alicyclic amines) is 1. The first-order valence-corrected chi connectivity index (χ1v) is 11.6. The van der Waals surface area contributed by atoms with E-state index in [1.165, 1.54) is 64.2 Å². The number of piperidine rings is 1. The van der Waals surface area contributed by atoms with E-state index >= 15 is 0 Å². The Balaban J connectivity index is 1.27.